The zero-order chi connectivity index (χ0) is 10.7. The van der Waals surface area contributed by atoms with E-state index in [1.54, 1.807) is 0 Å². The number of nitrogens with zero attached hydrogens (tertiary/aromatic N) is 1. The first-order valence-corrected chi connectivity index (χ1v) is 6.11. The molecule has 3 nitrogen and oxygen atoms in total. The first kappa shape index (κ1) is 11.1. The number of likely N-dealkylation sites (tertiary alicyclic amines) is 1. The summed E-state index contributed by atoms with van der Waals surface area (Å²) < 4.78 is 5.38. The largest absolute Gasteiger partial charge is 0.381 e. The van der Waals surface area contributed by atoms with Crippen LogP contribution in [0.4, 0.5) is 0 Å². The molecule has 0 aliphatic carbocycles. The van der Waals surface area contributed by atoms with Crippen molar-refractivity contribution in [3.8, 4) is 0 Å². The lowest BCUT2D eigenvalue weighted by Crippen LogP contribution is -2.45. The van der Waals surface area contributed by atoms with Gasteiger partial charge in [0.15, 0.2) is 0 Å². The highest BCUT2D eigenvalue weighted by molar-refractivity contribution is 5.79. The predicted octanol–water partition coefficient (Wildman–Crippen LogP) is 1.47. The van der Waals surface area contributed by atoms with Crippen LogP contribution in [0.3, 0.4) is 0 Å². The summed E-state index contributed by atoms with van der Waals surface area (Å²) in [5.41, 5.74) is 0. The van der Waals surface area contributed by atoms with Crippen molar-refractivity contribution in [2.24, 2.45) is 5.92 Å². The highest BCUT2D eigenvalue weighted by Crippen LogP contribution is 2.24. The SMILES string of the molecule is CC(C1CCOCC1)N1CCC(=O)CC1. The normalized spacial score (nSPS) is 27.9. The van der Waals surface area contributed by atoms with Crippen LogP contribution in [0, 0.1) is 5.92 Å². The highest BCUT2D eigenvalue weighted by atomic mass is 16.5. The van der Waals surface area contributed by atoms with Gasteiger partial charge in [0.2, 0.25) is 0 Å². The van der Waals surface area contributed by atoms with Crippen molar-refractivity contribution in [2.45, 2.75) is 38.6 Å². The molecule has 0 aromatic heterocycles. The van der Waals surface area contributed by atoms with Gasteiger partial charge in [0.1, 0.15) is 5.78 Å². The van der Waals surface area contributed by atoms with Crippen LogP contribution >= 0.6 is 0 Å². The van der Waals surface area contributed by atoms with Crippen molar-refractivity contribution in [3.63, 3.8) is 0 Å². The topological polar surface area (TPSA) is 29.5 Å². The summed E-state index contributed by atoms with van der Waals surface area (Å²) in [5.74, 6) is 1.21. The molecule has 0 bridgehead atoms. The van der Waals surface area contributed by atoms with Crippen LogP contribution in [0.15, 0.2) is 0 Å². The van der Waals surface area contributed by atoms with Gasteiger partial charge in [0, 0.05) is 45.2 Å². The lowest BCUT2D eigenvalue weighted by atomic mass is 9.90. The van der Waals surface area contributed by atoms with Crippen LogP contribution < -0.4 is 0 Å². The Bertz CT molecular complexity index is 214. The third kappa shape index (κ3) is 2.79. The van der Waals surface area contributed by atoms with Gasteiger partial charge < -0.3 is 4.74 Å². The summed E-state index contributed by atoms with van der Waals surface area (Å²) in [6, 6.07) is 0.627. The fourth-order valence-corrected chi connectivity index (χ4v) is 2.68. The van der Waals surface area contributed by atoms with Crippen LogP contribution in [-0.4, -0.2) is 43.0 Å². The Morgan fingerprint density at radius 1 is 1.27 bits per heavy atom. The second-order valence-electron chi connectivity index (χ2n) is 4.77. The van der Waals surface area contributed by atoms with Crippen LogP contribution in [0.5, 0.6) is 0 Å². The first-order valence-electron chi connectivity index (χ1n) is 6.11. The van der Waals surface area contributed by atoms with E-state index in [0.29, 0.717) is 11.8 Å². The van der Waals surface area contributed by atoms with Gasteiger partial charge in [0.25, 0.3) is 0 Å². The molecule has 2 rings (SSSR count). The Kier molecular flexibility index (Phi) is 3.76. The third-order valence-corrected chi connectivity index (χ3v) is 3.88. The van der Waals surface area contributed by atoms with Gasteiger partial charge in [-0.1, -0.05) is 0 Å². The molecule has 0 amide bonds. The van der Waals surface area contributed by atoms with E-state index >= 15 is 0 Å². The molecule has 2 aliphatic heterocycles. The molecule has 1 unspecified atom stereocenters. The number of Topliss-reactive ketones (excluding diaryl/α,β-unsaturated/α-hetero) is 1. The molecule has 2 aliphatic rings. The second-order valence-corrected chi connectivity index (χ2v) is 4.77. The van der Waals surface area contributed by atoms with E-state index in [4.69, 9.17) is 4.74 Å². The molecule has 1 atom stereocenters. The molecule has 2 saturated heterocycles. The number of ketones is 1. The number of hydrogen-bond acceptors (Lipinski definition) is 3. The summed E-state index contributed by atoms with van der Waals surface area (Å²) in [6.07, 6.45) is 3.89. The quantitative estimate of drug-likeness (QED) is 0.692. The first-order chi connectivity index (χ1) is 7.27. The Morgan fingerprint density at radius 2 is 1.87 bits per heavy atom. The van der Waals surface area contributed by atoms with Crippen molar-refractivity contribution < 1.29 is 9.53 Å². The molecule has 15 heavy (non-hydrogen) atoms. The van der Waals surface area contributed by atoms with E-state index in [2.05, 4.69) is 11.8 Å². The second kappa shape index (κ2) is 5.08. The van der Waals surface area contributed by atoms with Crippen LogP contribution in [0.2, 0.25) is 0 Å². The number of carbonyl (C=O) groups is 1. The number of piperidine rings is 1. The standard InChI is InChI=1S/C12H21NO2/c1-10(11-4-8-15-9-5-11)13-6-2-12(14)3-7-13/h10-11H,2-9H2,1H3. The zero-order valence-corrected chi connectivity index (χ0v) is 9.58. The van der Waals surface area contributed by atoms with Crippen molar-refractivity contribution in [1.82, 2.24) is 4.90 Å². The summed E-state index contributed by atoms with van der Waals surface area (Å²) in [5, 5.41) is 0. The molecular weight excluding hydrogens is 190 g/mol. The van der Waals surface area contributed by atoms with Crippen LogP contribution in [-0.2, 0) is 9.53 Å². The summed E-state index contributed by atoms with van der Waals surface area (Å²) in [7, 11) is 0. The predicted molar refractivity (Wildman–Crippen MR) is 58.8 cm³/mol. The number of hydrogen-bond donors (Lipinski definition) is 0. The third-order valence-electron chi connectivity index (χ3n) is 3.88. The maximum absolute atomic E-state index is 11.2. The van der Waals surface area contributed by atoms with Gasteiger partial charge in [-0.15, -0.1) is 0 Å². The molecule has 0 N–H and O–H groups in total. The van der Waals surface area contributed by atoms with Crippen molar-refractivity contribution in [2.75, 3.05) is 26.3 Å². The van der Waals surface area contributed by atoms with Gasteiger partial charge >= 0.3 is 0 Å². The Hall–Kier alpha value is -0.410. The van der Waals surface area contributed by atoms with Crippen molar-refractivity contribution in [1.29, 1.82) is 0 Å². The minimum atomic E-state index is 0.436. The van der Waals surface area contributed by atoms with E-state index < -0.39 is 0 Å². The lowest BCUT2D eigenvalue weighted by molar-refractivity contribution is -0.122. The molecular formula is C12H21NO2. The smallest absolute Gasteiger partial charge is 0.135 e. The average Bonchev–Trinajstić information content (AvgIpc) is 2.30. The van der Waals surface area contributed by atoms with Gasteiger partial charge in [-0.05, 0) is 25.7 Å². The van der Waals surface area contributed by atoms with Crippen LogP contribution in [0.1, 0.15) is 32.6 Å². The molecule has 0 saturated carbocycles. The molecule has 2 heterocycles. The Morgan fingerprint density at radius 3 is 2.47 bits per heavy atom. The number of carbonyl (C=O) groups excluding carboxylic acids is 1. The van der Waals surface area contributed by atoms with E-state index in [1.165, 1.54) is 12.8 Å². The van der Waals surface area contributed by atoms with E-state index in [9.17, 15) is 4.79 Å². The monoisotopic (exact) mass is 211 g/mol. The average molecular weight is 211 g/mol. The number of rotatable bonds is 2. The summed E-state index contributed by atoms with van der Waals surface area (Å²) in [6.45, 7) is 6.09. The highest BCUT2D eigenvalue weighted by Gasteiger charge is 2.27. The molecule has 0 aromatic carbocycles. The van der Waals surface area contributed by atoms with Crippen molar-refractivity contribution >= 4 is 5.78 Å². The maximum Gasteiger partial charge on any atom is 0.135 e. The van der Waals surface area contributed by atoms with Crippen LogP contribution in [0.25, 0.3) is 0 Å². The van der Waals surface area contributed by atoms with Gasteiger partial charge in [-0.25, -0.2) is 0 Å². The Balaban J connectivity index is 1.83. The van der Waals surface area contributed by atoms with Gasteiger partial charge in [-0.3, -0.25) is 9.69 Å². The molecule has 3 heteroatoms. The fourth-order valence-electron chi connectivity index (χ4n) is 2.68. The zero-order valence-electron chi connectivity index (χ0n) is 9.58. The van der Waals surface area contributed by atoms with Gasteiger partial charge in [0.05, 0.1) is 0 Å². The minimum absolute atomic E-state index is 0.436. The maximum atomic E-state index is 11.2. The van der Waals surface area contributed by atoms with E-state index in [0.717, 1.165) is 45.1 Å². The fraction of sp³-hybridized carbons (Fsp3) is 0.917. The molecule has 86 valence electrons. The van der Waals surface area contributed by atoms with E-state index in [1.807, 2.05) is 0 Å². The van der Waals surface area contributed by atoms with Crippen molar-refractivity contribution in [3.05, 3.63) is 0 Å². The summed E-state index contributed by atoms with van der Waals surface area (Å²) in [4.78, 5) is 13.6. The van der Waals surface area contributed by atoms with E-state index in [-0.39, 0.29) is 0 Å². The minimum Gasteiger partial charge on any atom is -0.381 e. The summed E-state index contributed by atoms with van der Waals surface area (Å²) >= 11 is 0. The molecule has 0 spiro atoms. The molecule has 0 aromatic rings. The lowest BCUT2D eigenvalue weighted by Gasteiger charge is -2.38. The Labute approximate surface area is 91.8 Å². The number of ether oxygens (including phenoxy) is 1. The molecule has 2 fully saturated rings. The molecule has 0 radical (unpaired) electrons. The van der Waals surface area contributed by atoms with Gasteiger partial charge in [-0.2, -0.15) is 0 Å².